The van der Waals surface area contributed by atoms with Crippen molar-refractivity contribution in [3.8, 4) is 5.75 Å². The van der Waals surface area contributed by atoms with Crippen molar-refractivity contribution in [1.82, 2.24) is 15.2 Å². The lowest BCUT2D eigenvalue weighted by Gasteiger charge is -2.28. The molecule has 0 aliphatic rings. The summed E-state index contributed by atoms with van der Waals surface area (Å²) in [4.78, 5) is 31.7. The first-order valence-corrected chi connectivity index (χ1v) is 14.2. The zero-order chi connectivity index (χ0) is 29.2. The lowest BCUT2D eigenvalue weighted by molar-refractivity contribution is -0.142. The second-order valence-electron chi connectivity index (χ2n) is 9.13. The summed E-state index contributed by atoms with van der Waals surface area (Å²) in [6.45, 7) is 1.74. The van der Waals surface area contributed by atoms with Crippen molar-refractivity contribution in [1.29, 1.82) is 0 Å². The molecule has 0 aliphatic heterocycles. The van der Waals surface area contributed by atoms with E-state index < -0.39 is 27.8 Å². The molecule has 0 spiro atoms. The first-order chi connectivity index (χ1) is 19.7. The summed E-state index contributed by atoms with van der Waals surface area (Å²) < 4.78 is 46.5. The highest BCUT2D eigenvalue weighted by Crippen LogP contribution is 2.20. The number of nitrogens with zero attached hydrogens (tertiary/aromatic N) is 2. The van der Waals surface area contributed by atoms with E-state index in [1.807, 2.05) is 36.4 Å². The largest absolute Gasteiger partial charge is 0.484 e. The van der Waals surface area contributed by atoms with Crippen LogP contribution in [0.5, 0.6) is 5.75 Å². The maximum Gasteiger partial charge on any atom is 0.261 e. The van der Waals surface area contributed by atoms with Crippen LogP contribution in [0.25, 0.3) is 0 Å². The fraction of sp³-hybridized carbons (Fsp3) is 0.167. The smallest absolute Gasteiger partial charge is 0.261 e. The molecule has 9 nitrogen and oxygen atoms in total. The summed E-state index contributed by atoms with van der Waals surface area (Å²) in [6, 6.07) is 22.6. The van der Waals surface area contributed by atoms with E-state index in [2.05, 4.69) is 15.0 Å². The number of halogens is 1. The maximum atomic E-state index is 13.3. The lowest BCUT2D eigenvalue weighted by Crippen LogP contribution is -2.48. The van der Waals surface area contributed by atoms with E-state index in [0.29, 0.717) is 0 Å². The van der Waals surface area contributed by atoms with Crippen LogP contribution in [0.2, 0.25) is 0 Å². The molecular weight excluding hydrogens is 547 g/mol. The van der Waals surface area contributed by atoms with Crippen molar-refractivity contribution in [3.63, 3.8) is 0 Å². The first-order valence-electron chi connectivity index (χ1n) is 12.7. The number of ether oxygens (including phenoxy) is 1. The number of aromatic nitrogens is 1. The van der Waals surface area contributed by atoms with Gasteiger partial charge < -0.3 is 15.0 Å². The summed E-state index contributed by atoms with van der Waals surface area (Å²) in [7, 11) is -3.92. The fourth-order valence-corrected chi connectivity index (χ4v) is 4.94. The van der Waals surface area contributed by atoms with Crippen LogP contribution in [0.15, 0.2) is 108 Å². The van der Waals surface area contributed by atoms with Gasteiger partial charge in [0.05, 0.1) is 4.90 Å². The lowest BCUT2D eigenvalue weighted by atomic mass is 10.1. The number of benzene rings is 3. The van der Waals surface area contributed by atoms with Crippen LogP contribution in [0.1, 0.15) is 18.1 Å². The predicted molar refractivity (Wildman–Crippen MR) is 152 cm³/mol. The third kappa shape index (κ3) is 8.36. The molecular formula is C30H29FN4O5S. The molecule has 1 atom stereocenters. The fourth-order valence-electron chi connectivity index (χ4n) is 3.88. The molecule has 0 saturated carbocycles. The second-order valence-corrected chi connectivity index (χ2v) is 10.8. The van der Waals surface area contributed by atoms with E-state index in [0.717, 1.165) is 23.3 Å². The minimum absolute atomic E-state index is 0.0369. The van der Waals surface area contributed by atoms with Gasteiger partial charge in [-0.1, -0.05) is 36.4 Å². The molecule has 0 saturated heterocycles. The molecule has 0 fully saturated rings. The topological polar surface area (TPSA) is 118 Å². The molecule has 4 aromatic rings. The standard InChI is InChI=1S/C30H29FN4O5S/c1-22(30(37)33-19-24-8-5-17-32-18-24)35(20-23-6-3-2-4-7-23)29(36)21-40-27-13-15-28(16-14-27)41(38,39)34-26-11-9-25(31)10-12-26/h2-18,22,34H,19-21H2,1H3,(H,33,37). The highest BCUT2D eigenvalue weighted by molar-refractivity contribution is 7.92. The van der Waals surface area contributed by atoms with Gasteiger partial charge in [0.15, 0.2) is 6.61 Å². The molecule has 1 aromatic heterocycles. The van der Waals surface area contributed by atoms with E-state index in [1.165, 1.54) is 41.3 Å². The summed E-state index contributed by atoms with van der Waals surface area (Å²) in [5.41, 5.74) is 1.89. The summed E-state index contributed by atoms with van der Waals surface area (Å²) >= 11 is 0. The number of carbonyl (C=O) groups is 2. The minimum atomic E-state index is -3.92. The second kappa shape index (κ2) is 13.5. The molecule has 4 rings (SSSR count). The van der Waals surface area contributed by atoms with E-state index >= 15 is 0 Å². The number of hydrogen-bond donors (Lipinski definition) is 2. The predicted octanol–water partition coefficient (Wildman–Crippen LogP) is 4.13. The average Bonchev–Trinajstić information content (AvgIpc) is 2.99. The molecule has 212 valence electrons. The van der Waals surface area contributed by atoms with Crippen molar-refractivity contribution in [2.45, 2.75) is 31.0 Å². The summed E-state index contributed by atoms with van der Waals surface area (Å²) in [6.07, 6.45) is 3.30. The zero-order valence-electron chi connectivity index (χ0n) is 22.2. The molecule has 41 heavy (non-hydrogen) atoms. The van der Waals surface area contributed by atoms with Gasteiger partial charge >= 0.3 is 0 Å². The Morgan fingerprint density at radius 1 is 0.927 bits per heavy atom. The Labute approximate surface area is 238 Å². The zero-order valence-corrected chi connectivity index (χ0v) is 23.1. The SMILES string of the molecule is CC(C(=O)NCc1cccnc1)N(Cc1ccccc1)C(=O)COc1ccc(S(=O)(=O)Nc2ccc(F)cc2)cc1. The van der Waals surface area contributed by atoms with Gasteiger partial charge in [-0.3, -0.25) is 19.3 Å². The van der Waals surface area contributed by atoms with Crippen molar-refractivity contribution in [3.05, 3.63) is 120 Å². The van der Waals surface area contributed by atoms with Crippen LogP contribution in [0, 0.1) is 5.82 Å². The average molecular weight is 577 g/mol. The molecule has 0 radical (unpaired) electrons. The Morgan fingerprint density at radius 2 is 1.61 bits per heavy atom. The monoisotopic (exact) mass is 576 g/mol. The number of hydrogen-bond acceptors (Lipinski definition) is 6. The van der Waals surface area contributed by atoms with Crippen LogP contribution >= 0.6 is 0 Å². The van der Waals surface area contributed by atoms with E-state index in [-0.39, 0.29) is 41.9 Å². The Morgan fingerprint density at radius 3 is 2.27 bits per heavy atom. The Kier molecular flexibility index (Phi) is 9.64. The molecule has 2 N–H and O–H groups in total. The minimum Gasteiger partial charge on any atom is -0.484 e. The molecule has 1 unspecified atom stereocenters. The number of nitrogens with one attached hydrogen (secondary N) is 2. The van der Waals surface area contributed by atoms with E-state index in [1.54, 1.807) is 25.4 Å². The maximum absolute atomic E-state index is 13.3. The van der Waals surface area contributed by atoms with E-state index in [4.69, 9.17) is 4.74 Å². The van der Waals surface area contributed by atoms with Gasteiger partial charge in [0.1, 0.15) is 17.6 Å². The number of anilines is 1. The number of carbonyl (C=O) groups excluding carboxylic acids is 2. The first kappa shape index (κ1) is 29.2. The third-order valence-corrected chi connectivity index (χ3v) is 7.54. The van der Waals surface area contributed by atoms with Gasteiger partial charge in [-0.15, -0.1) is 0 Å². The number of pyridine rings is 1. The highest BCUT2D eigenvalue weighted by atomic mass is 32.2. The normalized spacial score (nSPS) is 11.8. The number of amides is 2. The summed E-state index contributed by atoms with van der Waals surface area (Å²) in [5.74, 6) is -0.965. The van der Waals surface area contributed by atoms with Crippen molar-refractivity contribution in [2.75, 3.05) is 11.3 Å². The van der Waals surface area contributed by atoms with Gasteiger partial charge in [0, 0.05) is 31.2 Å². The van der Waals surface area contributed by atoms with Crippen molar-refractivity contribution < 1.29 is 27.1 Å². The Hall–Kier alpha value is -4.77. The molecule has 0 aliphatic carbocycles. The Balaban J connectivity index is 1.40. The molecule has 0 bridgehead atoms. The molecule has 3 aromatic carbocycles. The van der Waals surface area contributed by atoms with Crippen LogP contribution in [-0.4, -0.2) is 42.8 Å². The van der Waals surface area contributed by atoms with Crippen molar-refractivity contribution >= 4 is 27.5 Å². The molecule has 11 heteroatoms. The number of rotatable bonds is 12. The van der Waals surface area contributed by atoms with E-state index in [9.17, 15) is 22.4 Å². The van der Waals surface area contributed by atoms with Gasteiger partial charge in [-0.2, -0.15) is 0 Å². The number of sulfonamides is 1. The quantitative estimate of drug-likeness (QED) is 0.262. The Bertz CT molecular complexity index is 1550. The van der Waals surface area contributed by atoms with Crippen molar-refractivity contribution in [2.24, 2.45) is 0 Å². The molecule has 1 heterocycles. The van der Waals surface area contributed by atoms with Gasteiger partial charge in [-0.25, -0.2) is 12.8 Å². The third-order valence-electron chi connectivity index (χ3n) is 6.15. The van der Waals surface area contributed by atoms with Crippen LogP contribution in [-0.2, 0) is 32.7 Å². The highest BCUT2D eigenvalue weighted by Gasteiger charge is 2.26. The van der Waals surface area contributed by atoms with Crippen LogP contribution < -0.4 is 14.8 Å². The van der Waals surface area contributed by atoms with Gasteiger partial charge in [0.2, 0.25) is 5.91 Å². The van der Waals surface area contributed by atoms with Gasteiger partial charge in [-0.05, 0) is 72.6 Å². The van der Waals surface area contributed by atoms with Crippen LogP contribution in [0.3, 0.4) is 0 Å². The van der Waals surface area contributed by atoms with Gasteiger partial charge in [0.25, 0.3) is 15.9 Å². The van der Waals surface area contributed by atoms with Crippen LogP contribution in [0.4, 0.5) is 10.1 Å². The molecule has 2 amide bonds. The summed E-state index contributed by atoms with van der Waals surface area (Å²) in [5, 5.41) is 2.84.